The van der Waals surface area contributed by atoms with Gasteiger partial charge in [0.25, 0.3) is 15.9 Å². The maximum Gasteiger partial charge on any atom is 0.261 e. The predicted molar refractivity (Wildman–Crippen MR) is 90.3 cm³/mol. The number of hydrogen-bond acceptors (Lipinski definition) is 4. The van der Waals surface area contributed by atoms with Crippen LogP contribution in [0.2, 0.25) is 0 Å². The summed E-state index contributed by atoms with van der Waals surface area (Å²) >= 11 is 0. The van der Waals surface area contributed by atoms with Gasteiger partial charge in [0, 0.05) is 11.4 Å². The Labute approximate surface area is 147 Å². The largest absolute Gasteiger partial charge is 0.472 e. The van der Waals surface area contributed by atoms with E-state index in [9.17, 15) is 22.0 Å². The molecule has 3 rings (SSSR count). The molecule has 0 aliphatic rings. The first-order valence-corrected chi connectivity index (χ1v) is 8.75. The fraction of sp³-hybridized carbons (Fsp3) is 0. The Hall–Kier alpha value is -3.20. The van der Waals surface area contributed by atoms with Crippen LogP contribution in [-0.4, -0.2) is 14.3 Å². The van der Waals surface area contributed by atoms with Crippen LogP contribution in [0.15, 0.2) is 70.4 Å². The maximum absolute atomic E-state index is 13.2. The average molecular weight is 378 g/mol. The summed E-state index contributed by atoms with van der Waals surface area (Å²) in [4.78, 5) is 11.5. The van der Waals surface area contributed by atoms with E-state index in [1.165, 1.54) is 42.9 Å². The van der Waals surface area contributed by atoms with Crippen LogP contribution in [0.3, 0.4) is 0 Å². The Morgan fingerprint density at radius 3 is 2.23 bits per heavy atom. The van der Waals surface area contributed by atoms with E-state index in [1.54, 1.807) is 0 Å². The van der Waals surface area contributed by atoms with Crippen LogP contribution in [0.1, 0.15) is 10.4 Å². The van der Waals surface area contributed by atoms with E-state index in [-0.39, 0.29) is 11.6 Å². The molecule has 1 heterocycles. The van der Waals surface area contributed by atoms with Crippen molar-refractivity contribution in [1.82, 2.24) is 0 Å². The minimum Gasteiger partial charge on any atom is -0.472 e. The van der Waals surface area contributed by atoms with Crippen molar-refractivity contribution < 1.29 is 26.4 Å². The molecule has 134 valence electrons. The number of rotatable bonds is 5. The maximum atomic E-state index is 13.2. The molecule has 0 aliphatic carbocycles. The van der Waals surface area contributed by atoms with Crippen LogP contribution < -0.4 is 10.0 Å². The van der Waals surface area contributed by atoms with E-state index in [0.29, 0.717) is 17.3 Å². The predicted octanol–water partition coefficient (Wildman–Crippen LogP) is 3.61. The van der Waals surface area contributed by atoms with Gasteiger partial charge in [-0.15, -0.1) is 0 Å². The Bertz CT molecular complexity index is 1030. The molecule has 1 aromatic heterocycles. The second kappa shape index (κ2) is 6.96. The first-order chi connectivity index (χ1) is 12.3. The lowest BCUT2D eigenvalue weighted by atomic mass is 10.2. The van der Waals surface area contributed by atoms with Gasteiger partial charge in [0.15, 0.2) is 11.6 Å². The normalized spacial score (nSPS) is 11.2. The summed E-state index contributed by atoms with van der Waals surface area (Å²) in [5, 5.41) is 2.61. The number of sulfonamides is 1. The second-order valence-corrected chi connectivity index (χ2v) is 6.91. The molecule has 0 atom stereocenters. The lowest BCUT2D eigenvalue weighted by molar-refractivity contribution is 0.102. The highest BCUT2D eigenvalue weighted by atomic mass is 32.2. The Balaban J connectivity index is 1.72. The molecule has 0 spiro atoms. The second-order valence-electron chi connectivity index (χ2n) is 5.22. The number of benzene rings is 2. The molecule has 0 fully saturated rings. The highest BCUT2D eigenvalue weighted by Crippen LogP contribution is 2.20. The summed E-state index contributed by atoms with van der Waals surface area (Å²) < 4.78 is 57.6. The quantitative estimate of drug-likeness (QED) is 0.710. The number of furan rings is 1. The van der Waals surface area contributed by atoms with Crippen molar-refractivity contribution >= 4 is 27.3 Å². The number of carbonyl (C=O) groups excluding carboxylic acids is 1. The molecule has 26 heavy (non-hydrogen) atoms. The number of hydrogen-bond donors (Lipinski definition) is 2. The van der Waals surface area contributed by atoms with Gasteiger partial charge in [-0.05, 0) is 48.5 Å². The van der Waals surface area contributed by atoms with Crippen molar-refractivity contribution in [2.45, 2.75) is 4.90 Å². The van der Waals surface area contributed by atoms with Crippen molar-refractivity contribution in [1.29, 1.82) is 0 Å². The first-order valence-electron chi connectivity index (χ1n) is 7.27. The molecular weight excluding hydrogens is 366 g/mol. The van der Waals surface area contributed by atoms with Gasteiger partial charge in [-0.3, -0.25) is 9.52 Å². The van der Waals surface area contributed by atoms with Crippen LogP contribution in [0.25, 0.3) is 0 Å². The molecule has 9 heteroatoms. The van der Waals surface area contributed by atoms with Crippen LogP contribution >= 0.6 is 0 Å². The van der Waals surface area contributed by atoms with Gasteiger partial charge >= 0.3 is 0 Å². The zero-order chi connectivity index (χ0) is 18.7. The smallest absolute Gasteiger partial charge is 0.261 e. The van der Waals surface area contributed by atoms with E-state index in [1.807, 2.05) is 0 Å². The van der Waals surface area contributed by atoms with E-state index in [4.69, 9.17) is 4.42 Å². The van der Waals surface area contributed by atoms with Gasteiger partial charge in [-0.1, -0.05) is 0 Å². The van der Waals surface area contributed by atoms with Crippen LogP contribution in [0.5, 0.6) is 0 Å². The molecule has 2 aromatic carbocycles. The Morgan fingerprint density at radius 2 is 1.62 bits per heavy atom. The summed E-state index contributed by atoms with van der Waals surface area (Å²) in [6.07, 6.45) is 2.66. The summed E-state index contributed by atoms with van der Waals surface area (Å²) in [5.41, 5.74) is 0.969. The third kappa shape index (κ3) is 3.89. The minimum absolute atomic E-state index is 0.191. The standard InChI is InChI=1S/C17H12F2N2O4S/c18-15-6-5-14(9-16(15)19)26(23,24)21-13-3-1-12(2-4-13)20-17(22)11-7-8-25-10-11/h1-10,21H,(H,20,22). The molecule has 0 radical (unpaired) electrons. The number of nitrogens with one attached hydrogen (secondary N) is 2. The fourth-order valence-electron chi connectivity index (χ4n) is 2.08. The molecule has 1 amide bonds. The highest BCUT2D eigenvalue weighted by Gasteiger charge is 2.17. The molecule has 0 aliphatic heterocycles. The number of carbonyl (C=O) groups is 1. The van der Waals surface area contributed by atoms with Gasteiger partial charge in [-0.2, -0.15) is 0 Å². The van der Waals surface area contributed by atoms with Gasteiger partial charge in [0.2, 0.25) is 0 Å². The van der Waals surface area contributed by atoms with E-state index in [2.05, 4.69) is 10.0 Å². The SMILES string of the molecule is O=C(Nc1ccc(NS(=O)(=O)c2ccc(F)c(F)c2)cc1)c1ccoc1. The molecule has 2 N–H and O–H groups in total. The number of anilines is 2. The zero-order valence-corrected chi connectivity index (χ0v) is 13.9. The van der Waals surface area contributed by atoms with E-state index >= 15 is 0 Å². The van der Waals surface area contributed by atoms with Gasteiger partial charge in [0.1, 0.15) is 6.26 Å². The Kier molecular flexibility index (Phi) is 4.72. The highest BCUT2D eigenvalue weighted by molar-refractivity contribution is 7.92. The van der Waals surface area contributed by atoms with Crippen molar-refractivity contribution in [2.75, 3.05) is 10.0 Å². The van der Waals surface area contributed by atoms with Crippen molar-refractivity contribution in [3.05, 3.63) is 78.3 Å². The fourth-order valence-corrected chi connectivity index (χ4v) is 3.15. The van der Waals surface area contributed by atoms with Crippen LogP contribution in [0, 0.1) is 11.6 Å². The summed E-state index contributed by atoms with van der Waals surface area (Å²) in [6, 6.07) is 9.60. The number of halogens is 2. The van der Waals surface area contributed by atoms with E-state index < -0.39 is 26.6 Å². The molecule has 3 aromatic rings. The molecular formula is C17H12F2N2O4S. The average Bonchev–Trinajstić information content (AvgIpc) is 3.13. The topological polar surface area (TPSA) is 88.4 Å². The summed E-state index contributed by atoms with van der Waals surface area (Å²) in [6.45, 7) is 0. The lowest BCUT2D eigenvalue weighted by Gasteiger charge is -2.09. The molecule has 0 unspecified atom stereocenters. The Morgan fingerprint density at radius 1 is 0.923 bits per heavy atom. The van der Waals surface area contributed by atoms with Crippen molar-refractivity contribution in [3.8, 4) is 0 Å². The monoisotopic (exact) mass is 378 g/mol. The van der Waals surface area contributed by atoms with Crippen LogP contribution in [0.4, 0.5) is 20.2 Å². The molecule has 6 nitrogen and oxygen atoms in total. The number of amides is 1. The van der Waals surface area contributed by atoms with Gasteiger partial charge in [-0.25, -0.2) is 17.2 Å². The first kappa shape index (κ1) is 17.6. The third-order valence-electron chi connectivity index (χ3n) is 3.38. The molecule has 0 saturated heterocycles. The third-order valence-corrected chi connectivity index (χ3v) is 4.76. The molecule has 0 bridgehead atoms. The molecule has 0 saturated carbocycles. The van der Waals surface area contributed by atoms with E-state index in [0.717, 1.165) is 12.1 Å². The van der Waals surface area contributed by atoms with Crippen molar-refractivity contribution in [2.24, 2.45) is 0 Å². The lowest BCUT2D eigenvalue weighted by Crippen LogP contribution is -2.14. The van der Waals surface area contributed by atoms with Crippen LogP contribution in [-0.2, 0) is 10.0 Å². The minimum atomic E-state index is -4.08. The van der Waals surface area contributed by atoms with Gasteiger partial charge < -0.3 is 9.73 Å². The van der Waals surface area contributed by atoms with Gasteiger partial charge in [0.05, 0.1) is 16.7 Å². The summed E-state index contributed by atoms with van der Waals surface area (Å²) in [7, 11) is -4.08. The summed E-state index contributed by atoms with van der Waals surface area (Å²) in [5.74, 6) is -2.78. The zero-order valence-electron chi connectivity index (χ0n) is 13.1. The van der Waals surface area contributed by atoms with Crippen molar-refractivity contribution in [3.63, 3.8) is 0 Å².